The molecule has 1 aromatic heterocycles. The smallest absolute Gasteiger partial charge is 0.260 e. The first-order valence-electron chi connectivity index (χ1n) is 12.5. The average Bonchev–Trinajstić information content (AvgIpc) is 3.31. The maximum absolute atomic E-state index is 13.6. The molecule has 3 heterocycles. The zero-order valence-electron chi connectivity index (χ0n) is 21.0. The Morgan fingerprint density at radius 2 is 1.73 bits per heavy atom. The molecule has 0 fully saturated rings. The number of hydrogen-bond acceptors (Lipinski definition) is 8. The zero-order valence-corrected chi connectivity index (χ0v) is 21.8. The number of ketones is 1. The highest BCUT2D eigenvalue weighted by molar-refractivity contribution is 7.17. The minimum absolute atomic E-state index is 0.0200. The summed E-state index contributed by atoms with van der Waals surface area (Å²) in [5, 5.41) is 14.4. The number of nitriles is 1. The third-order valence-electron chi connectivity index (χ3n) is 7.71. The molecule has 0 bridgehead atoms. The van der Waals surface area contributed by atoms with E-state index in [0.29, 0.717) is 58.2 Å². The van der Waals surface area contributed by atoms with Crippen LogP contribution in [-0.2, 0) is 17.6 Å². The number of benzene rings is 1. The van der Waals surface area contributed by atoms with Crippen molar-refractivity contribution in [2.45, 2.75) is 50.9 Å². The van der Waals surface area contributed by atoms with Gasteiger partial charge in [-0.15, -0.1) is 11.3 Å². The molecule has 1 atom stereocenters. The van der Waals surface area contributed by atoms with Crippen molar-refractivity contribution in [3.63, 3.8) is 0 Å². The molecule has 0 radical (unpaired) electrons. The van der Waals surface area contributed by atoms with Gasteiger partial charge in [0.05, 0.1) is 44.5 Å². The van der Waals surface area contributed by atoms with Gasteiger partial charge in [-0.2, -0.15) is 5.26 Å². The fourth-order valence-electron chi connectivity index (χ4n) is 6.12. The van der Waals surface area contributed by atoms with Crippen molar-refractivity contribution in [2.24, 2.45) is 0 Å². The summed E-state index contributed by atoms with van der Waals surface area (Å²) < 4.78 is 16.6. The third kappa shape index (κ3) is 3.39. The molecule has 37 heavy (non-hydrogen) atoms. The quantitative estimate of drug-likeness (QED) is 0.625. The summed E-state index contributed by atoms with van der Waals surface area (Å²) in [6.07, 6.45) is 5.83. The van der Waals surface area contributed by atoms with Gasteiger partial charge < -0.3 is 19.5 Å². The molecule has 2 aliphatic heterocycles. The standard InChI is InChI=1S/C28H27N3O5S/c1-34-19-11-14(12-20(35-2)25(19)36-3)22-16(13-29)26-30-27(33)23-15-7-4-5-10-21(15)37-28(23)31(26)17-8-6-9-18(32)24(17)22/h11-12,22H,4-10H2,1-3H3,(H,30,33). The molecule has 0 saturated carbocycles. The van der Waals surface area contributed by atoms with Gasteiger partial charge in [-0.1, -0.05) is 0 Å². The van der Waals surface area contributed by atoms with Crippen LogP contribution in [-0.4, -0.2) is 33.0 Å². The number of carbonyl (C=O) groups excluding carboxylic acids is 2. The lowest BCUT2D eigenvalue weighted by molar-refractivity contribution is -0.116. The topological polar surface area (TPSA) is 101 Å². The zero-order chi connectivity index (χ0) is 25.8. The molecule has 8 nitrogen and oxygen atoms in total. The van der Waals surface area contributed by atoms with Crippen LogP contribution < -0.4 is 24.4 Å². The predicted octanol–water partition coefficient (Wildman–Crippen LogP) is 4.74. The number of Topliss-reactive ketones (excluding diaryl/α,β-unsaturated/α-hetero) is 1. The number of nitrogens with one attached hydrogen (secondary N) is 1. The number of methoxy groups -OCH3 is 3. The van der Waals surface area contributed by atoms with Crippen molar-refractivity contribution in [3.8, 4) is 23.3 Å². The fourth-order valence-corrected chi connectivity index (χ4v) is 7.54. The van der Waals surface area contributed by atoms with E-state index in [1.54, 1.807) is 23.5 Å². The third-order valence-corrected chi connectivity index (χ3v) is 8.99. The maximum Gasteiger partial charge on any atom is 0.260 e. The predicted molar refractivity (Wildman–Crippen MR) is 138 cm³/mol. The molecule has 4 aliphatic rings. The fraction of sp³-hybridized carbons (Fsp3) is 0.393. The molecule has 0 spiro atoms. The number of anilines is 1. The number of ether oxygens (including phenoxy) is 3. The highest BCUT2D eigenvalue weighted by Crippen LogP contribution is 2.53. The lowest BCUT2D eigenvalue weighted by atomic mass is 9.75. The lowest BCUT2D eigenvalue weighted by Gasteiger charge is -2.42. The van der Waals surface area contributed by atoms with E-state index in [0.717, 1.165) is 48.4 Å². The normalized spacial score (nSPS) is 20.4. The molecule has 1 unspecified atom stereocenters. The van der Waals surface area contributed by atoms with Crippen LogP contribution in [0.2, 0.25) is 0 Å². The van der Waals surface area contributed by atoms with Crippen LogP contribution in [0.1, 0.15) is 64.4 Å². The van der Waals surface area contributed by atoms with Gasteiger partial charge in [0, 0.05) is 22.6 Å². The SMILES string of the molecule is COc1cc(C2C(C#N)=C3NC(=O)c4c(sc5c4CCCC5)N3C3=C2C(=O)CCC3)cc(OC)c1OC. The molecule has 0 saturated heterocycles. The number of carbonyl (C=O) groups is 2. The van der Waals surface area contributed by atoms with Crippen LogP contribution in [0.4, 0.5) is 5.00 Å². The molecule has 1 amide bonds. The minimum atomic E-state index is -0.663. The summed E-state index contributed by atoms with van der Waals surface area (Å²) >= 11 is 1.63. The van der Waals surface area contributed by atoms with Crippen LogP contribution in [0.3, 0.4) is 0 Å². The van der Waals surface area contributed by atoms with Gasteiger partial charge in [-0.25, -0.2) is 0 Å². The summed E-state index contributed by atoms with van der Waals surface area (Å²) in [7, 11) is 4.60. The molecule has 1 aromatic carbocycles. The number of allylic oxidation sites excluding steroid dienone is 3. The Labute approximate surface area is 219 Å². The Bertz CT molecular complexity index is 1440. The van der Waals surface area contributed by atoms with E-state index in [1.807, 2.05) is 4.90 Å². The van der Waals surface area contributed by atoms with Crippen LogP contribution in [0.25, 0.3) is 0 Å². The molecule has 190 valence electrons. The molecule has 6 rings (SSSR count). The van der Waals surface area contributed by atoms with Gasteiger partial charge in [-0.05, 0) is 61.8 Å². The van der Waals surface area contributed by atoms with Crippen LogP contribution in [0.5, 0.6) is 17.2 Å². The minimum Gasteiger partial charge on any atom is -0.493 e. The van der Waals surface area contributed by atoms with Crippen LogP contribution in [0.15, 0.2) is 34.8 Å². The number of aryl methyl sites for hydroxylation is 1. The second-order valence-corrected chi connectivity index (χ2v) is 10.7. The van der Waals surface area contributed by atoms with Crippen LogP contribution in [0, 0.1) is 11.3 Å². The number of thiophene rings is 1. The van der Waals surface area contributed by atoms with Gasteiger partial charge in [0.25, 0.3) is 5.91 Å². The number of hydrogen-bond donors (Lipinski definition) is 1. The highest BCUT2D eigenvalue weighted by atomic mass is 32.1. The van der Waals surface area contributed by atoms with Crippen molar-refractivity contribution < 1.29 is 23.8 Å². The first kappa shape index (κ1) is 23.6. The number of nitrogens with zero attached hydrogens (tertiary/aromatic N) is 2. The van der Waals surface area contributed by atoms with Crippen molar-refractivity contribution in [1.29, 1.82) is 5.26 Å². The van der Waals surface area contributed by atoms with Crippen LogP contribution >= 0.6 is 11.3 Å². The monoisotopic (exact) mass is 517 g/mol. The van der Waals surface area contributed by atoms with Gasteiger partial charge in [0.15, 0.2) is 17.3 Å². The Morgan fingerprint density at radius 1 is 1.00 bits per heavy atom. The Morgan fingerprint density at radius 3 is 2.41 bits per heavy atom. The second-order valence-electron chi connectivity index (χ2n) is 9.58. The van der Waals surface area contributed by atoms with E-state index < -0.39 is 5.92 Å². The number of amides is 1. The second kappa shape index (κ2) is 8.96. The van der Waals surface area contributed by atoms with Crippen molar-refractivity contribution in [3.05, 3.63) is 56.4 Å². The molecule has 2 aliphatic carbocycles. The van der Waals surface area contributed by atoms with Crippen molar-refractivity contribution in [1.82, 2.24) is 5.32 Å². The Kier molecular flexibility index (Phi) is 5.72. The average molecular weight is 518 g/mol. The summed E-state index contributed by atoms with van der Waals surface area (Å²) in [6, 6.07) is 5.92. The molecular weight excluding hydrogens is 490 g/mol. The van der Waals surface area contributed by atoms with Gasteiger partial charge >= 0.3 is 0 Å². The van der Waals surface area contributed by atoms with E-state index in [-0.39, 0.29) is 11.7 Å². The first-order chi connectivity index (χ1) is 18.0. The maximum atomic E-state index is 13.6. The van der Waals surface area contributed by atoms with Crippen molar-refractivity contribution in [2.75, 3.05) is 26.2 Å². The van der Waals surface area contributed by atoms with Crippen molar-refractivity contribution >= 4 is 28.0 Å². The van der Waals surface area contributed by atoms with E-state index in [9.17, 15) is 14.9 Å². The molecule has 1 N–H and O–H groups in total. The highest BCUT2D eigenvalue weighted by Gasteiger charge is 2.46. The molecule has 9 heteroatoms. The molecule has 2 aromatic rings. The summed E-state index contributed by atoms with van der Waals surface area (Å²) in [5.41, 5.74) is 4.30. The number of rotatable bonds is 4. The first-order valence-corrected chi connectivity index (χ1v) is 13.3. The Balaban J connectivity index is 1.62. The summed E-state index contributed by atoms with van der Waals surface area (Å²) in [6.45, 7) is 0. The lowest BCUT2D eigenvalue weighted by Crippen LogP contribution is -2.46. The summed E-state index contributed by atoms with van der Waals surface area (Å²) in [5.74, 6) is 0.937. The Hall–Kier alpha value is -3.77. The van der Waals surface area contributed by atoms with Gasteiger partial charge in [0.1, 0.15) is 10.8 Å². The van der Waals surface area contributed by atoms with Gasteiger partial charge in [0.2, 0.25) is 5.75 Å². The van der Waals surface area contributed by atoms with E-state index in [1.165, 1.54) is 26.2 Å². The van der Waals surface area contributed by atoms with E-state index in [2.05, 4.69) is 11.4 Å². The van der Waals surface area contributed by atoms with Gasteiger partial charge in [-0.3, -0.25) is 14.5 Å². The van der Waals surface area contributed by atoms with E-state index >= 15 is 0 Å². The number of fused-ring (bicyclic) bond motifs is 6. The summed E-state index contributed by atoms with van der Waals surface area (Å²) in [4.78, 5) is 30.3. The largest absolute Gasteiger partial charge is 0.493 e. The molecular formula is C28H27N3O5S. The van der Waals surface area contributed by atoms with E-state index in [4.69, 9.17) is 14.2 Å².